The van der Waals surface area contributed by atoms with E-state index in [1.807, 2.05) is 0 Å². The van der Waals surface area contributed by atoms with Gasteiger partial charge in [0.15, 0.2) is 0 Å². The predicted molar refractivity (Wildman–Crippen MR) is 36.2 cm³/mol. The zero-order valence-corrected chi connectivity index (χ0v) is 5.58. The van der Waals surface area contributed by atoms with Gasteiger partial charge in [-0.05, 0) is 18.3 Å². The van der Waals surface area contributed by atoms with E-state index in [4.69, 9.17) is 0 Å². The SMILES string of the molecule is O=C1NC2[C@@H]1C1C=C[C@H]2C1. The van der Waals surface area contributed by atoms with Crippen molar-refractivity contribution in [2.24, 2.45) is 17.8 Å². The van der Waals surface area contributed by atoms with Crippen molar-refractivity contribution >= 4 is 5.91 Å². The van der Waals surface area contributed by atoms with E-state index in [2.05, 4.69) is 17.5 Å². The van der Waals surface area contributed by atoms with E-state index in [9.17, 15) is 4.79 Å². The molecule has 10 heavy (non-hydrogen) atoms. The molecule has 1 heterocycles. The summed E-state index contributed by atoms with van der Waals surface area (Å²) in [7, 11) is 0. The molecule has 2 aliphatic carbocycles. The minimum absolute atomic E-state index is 0.279. The third-order valence-electron chi connectivity index (χ3n) is 3.07. The molecule has 2 heteroatoms. The largest absolute Gasteiger partial charge is 0.352 e. The lowest BCUT2D eigenvalue weighted by atomic mass is 9.82. The van der Waals surface area contributed by atoms with E-state index in [0.29, 0.717) is 23.8 Å². The molecule has 0 aromatic heterocycles. The van der Waals surface area contributed by atoms with E-state index < -0.39 is 0 Å². The summed E-state index contributed by atoms with van der Waals surface area (Å²) >= 11 is 0. The zero-order chi connectivity index (χ0) is 6.72. The molecule has 3 aliphatic rings. The van der Waals surface area contributed by atoms with E-state index in [1.165, 1.54) is 6.42 Å². The summed E-state index contributed by atoms with van der Waals surface area (Å²) in [4.78, 5) is 11.0. The maximum atomic E-state index is 11.0. The smallest absolute Gasteiger partial charge is 0.226 e. The first-order chi connectivity index (χ1) is 4.86. The van der Waals surface area contributed by atoms with Gasteiger partial charge in [0.25, 0.3) is 0 Å². The molecule has 2 nitrogen and oxygen atoms in total. The molecule has 1 saturated carbocycles. The van der Waals surface area contributed by atoms with E-state index in [0.717, 1.165) is 0 Å². The highest BCUT2D eigenvalue weighted by Gasteiger charge is 2.54. The number of hydrogen-bond donors (Lipinski definition) is 1. The summed E-state index contributed by atoms with van der Waals surface area (Å²) in [5, 5.41) is 2.95. The molecule has 0 aromatic rings. The number of amides is 1. The van der Waals surface area contributed by atoms with Crippen molar-refractivity contribution in [2.45, 2.75) is 12.5 Å². The molecule has 0 spiro atoms. The molecule has 1 saturated heterocycles. The summed E-state index contributed by atoms with van der Waals surface area (Å²) in [6.45, 7) is 0. The molecule has 2 fully saturated rings. The number of nitrogens with one attached hydrogen (secondary N) is 1. The van der Waals surface area contributed by atoms with Gasteiger partial charge in [-0.1, -0.05) is 12.2 Å². The monoisotopic (exact) mass is 135 g/mol. The third kappa shape index (κ3) is 0.349. The fourth-order valence-electron chi connectivity index (χ4n) is 2.54. The molecule has 3 rings (SSSR count). The van der Waals surface area contributed by atoms with Crippen molar-refractivity contribution in [2.75, 3.05) is 0 Å². The van der Waals surface area contributed by atoms with E-state index >= 15 is 0 Å². The number of β-lactam (4-membered cyclic amide) rings is 1. The standard InChI is InChI=1S/C8H9NO/c10-8-6-4-1-2-5(3-4)7(6)9-8/h1-2,4-7H,3H2,(H,9,10)/t4?,5-,6-,7?/m0/s1. The number of allylic oxidation sites excluding steroid dienone is 1. The number of carbonyl (C=O) groups excluding carboxylic acids is 1. The molecule has 1 N–H and O–H groups in total. The molecular weight excluding hydrogens is 126 g/mol. The van der Waals surface area contributed by atoms with Crippen LogP contribution in [0.25, 0.3) is 0 Å². The highest BCUT2D eigenvalue weighted by Crippen LogP contribution is 2.47. The van der Waals surface area contributed by atoms with Gasteiger partial charge in [0.1, 0.15) is 0 Å². The Morgan fingerprint density at radius 1 is 1.40 bits per heavy atom. The molecule has 0 radical (unpaired) electrons. The van der Waals surface area contributed by atoms with Crippen molar-refractivity contribution in [1.82, 2.24) is 5.32 Å². The van der Waals surface area contributed by atoms with Gasteiger partial charge in [-0.3, -0.25) is 4.79 Å². The molecule has 4 atom stereocenters. The first-order valence-electron chi connectivity index (χ1n) is 3.85. The Bertz CT molecular complexity index is 233. The third-order valence-corrected chi connectivity index (χ3v) is 3.07. The molecular formula is C8H9NO. The van der Waals surface area contributed by atoms with Gasteiger partial charge in [0.2, 0.25) is 5.91 Å². The van der Waals surface area contributed by atoms with Gasteiger partial charge in [0, 0.05) is 6.04 Å². The Morgan fingerprint density at radius 2 is 2.20 bits per heavy atom. The summed E-state index contributed by atoms with van der Waals surface area (Å²) in [6, 6.07) is 0.516. The van der Waals surface area contributed by atoms with Crippen LogP contribution in [0.5, 0.6) is 0 Å². The summed E-state index contributed by atoms with van der Waals surface area (Å²) in [5.41, 5.74) is 0. The first-order valence-corrected chi connectivity index (χ1v) is 3.85. The lowest BCUT2D eigenvalue weighted by Crippen LogP contribution is -2.59. The molecule has 0 aromatic carbocycles. The second-order valence-electron chi connectivity index (χ2n) is 3.51. The quantitative estimate of drug-likeness (QED) is 0.376. The highest BCUT2D eigenvalue weighted by molar-refractivity contribution is 5.87. The fraction of sp³-hybridized carbons (Fsp3) is 0.625. The summed E-state index contributed by atoms with van der Waals surface area (Å²) in [6.07, 6.45) is 5.68. The predicted octanol–water partition coefficient (Wildman–Crippen LogP) is 0.307. The zero-order valence-electron chi connectivity index (χ0n) is 5.58. The topological polar surface area (TPSA) is 29.1 Å². The van der Waals surface area contributed by atoms with Crippen LogP contribution in [-0.4, -0.2) is 11.9 Å². The molecule has 1 aliphatic heterocycles. The summed E-state index contributed by atoms with van der Waals surface area (Å²) < 4.78 is 0. The normalized spacial score (nSPS) is 54.2. The lowest BCUT2D eigenvalue weighted by Gasteiger charge is -2.37. The number of rotatable bonds is 0. The number of fused-ring (bicyclic) bond motifs is 5. The molecule has 2 bridgehead atoms. The Labute approximate surface area is 59.3 Å². The van der Waals surface area contributed by atoms with Crippen LogP contribution in [0.3, 0.4) is 0 Å². The van der Waals surface area contributed by atoms with Gasteiger partial charge >= 0.3 is 0 Å². The van der Waals surface area contributed by atoms with Crippen LogP contribution in [0.1, 0.15) is 6.42 Å². The van der Waals surface area contributed by atoms with Gasteiger partial charge in [-0.15, -0.1) is 0 Å². The van der Waals surface area contributed by atoms with Gasteiger partial charge in [-0.2, -0.15) is 0 Å². The van der Waals surface area contributed by atoms with Crippen molar-refractivity contribution in [3.8, 4) is 0 Å². The second kappa shape index (κ2) is 1.29. The average Bonchev–Trinajstić information content (AvgIpc) is 2.40. The van der Waals surface area contributed by atoms with Crippen molar-refractivity contribution in [3.05, 3.63) is 12.2 Å². The molecule has 2 unspecified atom stereocenters. The average molecular weight is 135 g/mol. The van der Waals surface area contributed by atoms with Crippen LogP contribution >= 0.6 is 0 Å². The van der Waals surface area contributed by atoms with Gasteiger partial charge in [-0.25, -0.2) is 0 Å². The van der Waals surface area contributed by atoms with Crippen molar-refractivity contribution < 1.29 is 4.79 Å². The minimum Gasteiger partial charge on any atom is -0.352 e. The van der Waals surface area contributed by atoms with Gasteiger partial charge in [0.05, 0.1) is 5.92 Å². The van der Waals surface area contributed by atoms with Crippen LogP contribution in [0, 0.1) is 17.8 Å². The van der Waals surface area contributed by atoms with Crippen LogP contribution < -0.4 is 5.32 Å². The fourth-order valence-corrected chi connectivity index (χ4v) is 2.54. The van der Waals surface area contributed by atoms with Crippen molar-refractivity contribution in [3.63, 3.8) is 0 Å². The lowest BCUT2D eigenvalue weighted by molar-refractivity contribution is -0.135. The maximum Gasteiger partial charge on any atom is 0.226 e. The van der Waals surface area contributed by atoms with E-state index in [-0.39, 0.29) is 5.91 Å². The van der Waals surface area contributed by atoms with Crippen LogP contribution in [0.4, 0.5) is 0 Å². The summed E-state index contributed by atoms with van der Waals surface area (Å²) in [5.74, 6) is 1.90. The number of hydrogen-bond acceptors (Lipinski definition) is 1. The molecule has 1 amide bonds. The Morgan fingerprint density at radius 3 is 2.80 bits per heavy atom. The highest BCUT2D eigenvalue weighted by atomic mass is 16.2. The van der Waals surface area contributed by atoms with Crippen LogP contribution in [0.15, 0.2) is 12.2 Å². The van der Waals surface area contributed by atoms with Gasteiger partial charge < -0.3 is 5.32 Å². The Hall–Kier alpha value is -0.790. The van der Waals surface area contributed by atoms with Crippen LogP contribution in [-0.2, 0) is 4.79 Å². The Balaban J connectivity index is 2.03. The maximum absolute atomic E-state index is 11.0. The number of carbonyl (C=O) groups is 1. The van der Waals surface area contributed by atoms with Crippen molar-refractivity contribution in [1.29, 1.82) is 0 Å². The first kappa shape index (κ1) is 4.94. The Kier molecular flexibility index (Phi) is 0.636. The van der Waals surface area contributed by atoms with Crippen LogP contribution in [0.2, 0.25) is 0 Å². The molecule has 52 valence electrons. The minimum atomic E-state index is 0.279. The second-order valence-corrected chi connectivity index (χ2v) is 3.51. The van der Waals surface area contributed by atoms with E-state index in [1.54, 1.807) is 0 Å².